The second-order valence-corrected chi connectivity index (χ2v) is 9.76. The Balaban J connectivity index is 2.12. The van der Waals surface area contributed by atoms with E-state index in [1.54, 1.807) is 5.32 Å². The molecule has 2 rings (SSSR count). The Kier molecular flexibility index (Phi) is 7.57. The predicted molar refractivity (Wildman–Crippen MR) is 103 cm³/mol. The number of nitrogens with one attached hydrogen (secondary N) is 2. The van der Waals surface area contributed by atoms with Gasteiger partial charge in [-0.2, -0.15) is 17.5 Å². The van der Waals surface area contributed by atoms with Crippen LogP contribution in [-0.2, 0) is 14.8 Å². The Morgan fingerprint density at radius 1 is 1.21 bits per heavy atom. The summed E-state index contributed by atoms with van der Waals surface area (Å²) in [5.74, 6) is -0.699. The number of carbonyl (C=O) groups is 2. The van der Waals surface area contributed by atoms with Gasteiger partial charge in [0.05, 0.1) is 10.8 Å². The molecule has 0 spiro atoms. The lowest BCUT2D eigenvalue weighted by molar-refractivity contribution is -0.124. The van der Waals surface area contributed by atoms with Gasteiger partial charge in [0, 0.05) is 17.9 Å². The minimum Gasteiger partial charge on any atom is -0.354 e. The largest absolute Gasteiger partial charge is 0.405 e. The molecule has 1 aliphatic heterocycles. The third-order valence-electron chi connectivity index (χ3n) is 4.00. The summed E-state index contributed by atoms with van der Waals surface area (Å²) in [7, 11) is -4.01. The Bertz CT molecular complexity index is 842. The summed E-state index contributed by atoms with van der Waals surface area (Å²) in [6.45, 7) is 2.79. The first kappa shape index (κ1) is 23.5. The van der Waals surface area contributed by atoms with Crippen LogP contribution in [0.15, 0.2) is 29.2 Å². The normalized spacial score (nSPS) is 18.1. The first-order chi connectivity index (χ1) is 13.4. The van der Waals surface area contributed by atoms with Gasteiger partial charge in [-0.15, -0.1) is 11.8 Å². The van der Waals surface area contributed by atoms with Gasteiger partial charge in [0.15, 0.2) is 0 Å². The smallest absolute Gasteiger partial charge is 0.354 e. The number of alkyl halides is 3. The summed E-state index contributed by atoms with van der Waals surface area (Å²) in [6, 6.07) is 3.71. The van der Waals surface area contributed by atoms with Crippen LogP contribution in [0, 0.1) is 5.92 Å². The molecule has 0 aliphatic carbocycles. The van der Waals surface area contributed by atoms with Gasteiger partial charge < -0.3 is 10.6 Å². The van der Waals surface area contributed by atoms with Gasteiger partial charge in [-0.05, 0) is 30.2 Å². The van der Waals surface area contributed by atoms with Gasteiger partial charge in [0.1, 0.15) is 12.6 Å². The van der Waals surface area contributed by atoms with Crippen LogP contribution in [0.3, 0.4) is 0 Å². The van der Waals surface area contributed by atoms with Crippen LogP contribution in [0.1, 0.15) is 24.2 Å². The molecule has 1 fully saturated rings. The second-order valence-electron chi connectivity index (χ2n) is 6.87. The monoisotopic (exact) mass is 453 g/mol. The fraction of sp³-hybridized carbons (Fsp3) is 0.529. The van der Waals surface area contributed by atoms with E-state index in [0.29, 0.717) is 12.3 Å². The van der Waals surface area contributed by atoms with Crippen molar-refractivity contribution in [2.75, 3.05) is 24.7 Å². The zero-order valence-electron chi connectivity index (χ0n) is 15.8. The van der Waals surface area contributed by atoms with Gasteiger partial charge in [0.2, 0.25) is 15.9 Å². The molecule has 1 saturated heterocycles. The summed E-state index contributed by atoms with van der Waals surface area (Å²) in [6.07, 6.45) is -4.54. The number of nitrogens with zero attached hydrogens (tertiary/aromatic N) is 1. The number of carbonyl (C=O) groups excluding carboxylic acids is 2. The number of amides is 2. The van der Waals surface area contributed by atoms with Crippen molar-refractivity contribution in [3.8, 4) is 0 Å². The Labute approximate surface area is 171 Å². The standard InChI is InChI=1S/C17H22F3N3O4S2/c1-11(2)7-21-16(25)14-8-28-10-23(14)29(26,27)13-5-3-12(4-6-13)15(24)22-9-17(18,19)20/h3-6,11,14H,7-10H2,1-2H3,(H,21,25)(H,22,24). The summed E-state index contributed by atoms with van der Waals surface area (Å²) >= 11 is 1.31. The maximum atomic E-state index is 12.9. The molecule has 1 aromatic rings. The number of hydrogen-bond acceptors (Lipinski definition) is 5. The maximum absolute atomic E-state index is 12.9. The molecule has 1 atom stereocenters. The molecule has 29 heavy (non-hydrogen) atoms. The average molecular weight is 454 g/mol. The minimum atomic E-state index is -4.54. The van der Waals surface area contributed by atoms with E-state index in [9.17, 15) is 31.2 Å². The van der Waals surface area contributed by atoms with Gasteiger partial charge in [0.25, 0.3) is 5.91 Å². The van der Waals surface area contributed by atoms with Crippen LogP contribution in [0.5, 0.6) is 0 Å². The highest BCUT2D eigenvalue weighted by Gasteiger charge is 2.40. The lowest BCUT2D eigenvalue weighted by atomic mass is 10.2. The van der Waals surface area contributed by atoms with Crippen LogP contribution < -0.4 is 10.6 Å². The number of sulfonamides is 1. The summed E-state index contributed by atoms with van der Waals surface area (Å²) in [5.41, 5.74) is -0.102. The highest BCUT2D eigenvalue weighted by molar-refractivity contribution is 8.00. The Morgan fingerprint density at radius 3 is 2.38 bits per heavy atom. The van der Waals surface area contributed by atoms with Crippen molar-refractivity contribution in [3.63, 3.8) is 0 Å². The zero-order valence-corrected chi connectivity index (χ0v) is 17.5. The summed E-state index contributed by atoms with van der Waals surface area (Å²) < 4.78 is 63.5. The first-order valence-electron chi connectivity index (χ1n) is 8.74. The molecular weight excluding hydrogens is 431 g/mol. The predicted octanol–water partition coefficient (Wildman–Crippen LogP) is 1.81. The number of rotatable bonds is 7. The minimum absolute atomic E-state index is 0.102. The average Bonchev–Trinajstić information content (AvgIpc) is 3.14. The van der Waals surface area contributed by atoms with Gasteiger partial charge in [-0.1, -0.05) is 13.8 Å². The molecule has 1 unspecified atom stereocenters. The van der Waals surface area contributed by atoms with E-state index in [2.05, 4.69) is 5.32 Å². The quantitative estimate of drug-likeness (QED) is 0.657. The Morgan fingerprint density at radius 2 is 1.83 bits per heavy atom. The van der Waals surface area contributed by atoms with Crippen LogP contribution in [0.2, 0.25) is 0 Å². The molecule has 0 aromatic heterocycles. The van der Waals surface area contributed by atoms with Crippen molar-refractivity contribution in [3.05, 3.63) is 29.8 Å². The molecule has 0 saturated carbocycles. The Hall–Kier alpha value is -1.79. The van der Waals surface area contributed by atoms with Crippen LogP contribution in [-0.4, -0.2) is 61.5 Å². The molecule has 1 heterocycles. The van der Waals surface area contributed by atoms with Crippen molar-refractivity contribution in [2.24, 2.45) is 5.92 Å². The molecule has 12 heteroatoms. The molecule has 162 valence electrons. The number of thioether (sulfide) groups is 1. The highest BCUT2D eigenvalue weighted by Crippen LogP contribution is 2.28. The third-order valence-corrected chi connectivity index (χ3v) is 7.05. The van der Waals surface area contributed by atoms with Crippen LogP contribution in [0.4, 0.5) is 13.2 Å². The van der Waals surface area contributed by atoms with Crippen LogP contribution >= 0.6 is 11.8 Å². The molecule has 0 radical (unpaired) electrons. The fourth-order valence-corrected chi connectivity index (χ4v) is 5.64. The van der Waals surface area contributed by atoms with Gasteiger partial charge in [-0.3, -0.25) is 9.59 Å². The fourth-order valence-electron chi connectivity index (χ4n) is 2.49. The molecule has 0 bridgehead atoms. The van der Waals surface area contributed by atoms with E-state index in [1.165, 1.54) is 11.8 Å². The zero-order chi connectivity index (χ0) is 21.8. The highest BCUT2D eigenvalue weighted by atomic mass is 32.2. The first-order valence-corrected chi connectivity index (χ1v) is 11.3. The van der Waals surface area contributed by atoms with Crippen molar-refractivity contribution in [1.82, 2.24) is 14.9 Å². The number of halogens is 3. The molecule has 1 aromatic carbocycles. The van der Waals surface area contributed by atoms with E-state index >= 15 is 0 Å². The number of hydrogen-bond donors (Lipinski definition) is 2. The number of benzene rings is 1. The lowest BCUT2D eigenvalue weighted by Gasteiger charge is -2.23. The van der Waals surface area contributed by atoms with E-state index in [1.807, 2.05) is 13.8 Å². The topological polar surface area (TPSA) is 95.6 Å². The molecule has 2 amide bonds. The summed E-state index contributed by atoms with van der Waals surface area (Å²) in [5, 5.41) is 4.44. The van der Waals surface area contributed by atoms with Crippen molar-refractivity contribution >= 4 is 33.6 Å². The van der Waals surface area contributed by atoms with Gasteiger partial charge >= 0.3 is 6.18 Å². The van der Waals surface area contributed by atoms with Crippen molar-refractivity contribution in [2.45, 2.75) is 31.0 Å². The van der Waals surface area contributed by atoms with Crippen molar-refractivity contribution < 1.29 is 31.2 Å². The molecular formula is C17H22F3N3O4S2. The van der Waals surface area contributed by atoms with E-state index < -0.39 is 34.7 Å². The van der Waals surface area contributed by atoms with E-state index in [4.69, 9.17) is 0 Å². The lowest BCUT2D eigenvalue weighted by Crippen LogP contribution is -2.47. The molecule has 7 nitrogen and oxygen atoms in total. The van der Waals surface area contributed by atoms with Crippen LogP contribution in [0.25, 0.3) is 0 Å². The molecule has 1 aliphatic rings. The van der Waals surface area contributed by atoms with E-state index in [0.717, 1.165) is 28.6 Å². The third kappa shape index (κ3) is 6.34. The second kappa shape index (κ2) is 9.35. The maximum Gasteiger partial charge on any atom is 0.405 e. The molecule has 2 N–H and O–H groups in total. The summed E-state index contributed by atoms with van der Waals surface area (Å²) in [4.78, 5) is 24.0. The van der Waals surface area contributed by atoms with Gasteiger partial charge in [-0.25, -0.2) is 8.42 Å². The SMILES string of the molecule is CC(C)CNC(=O)C1CSCN1S(=O)(=O)c1ccc(C(=O)NCC(F)(F)F)cc1. The van der Waals surface area contributed by atoms with E-state index in [-0.39, 0.29) is 28.2 Å². The van der Waals surface area contributed by atoms with Crippen molar-refractivity contribution in [1.29, 1.82) is 0 Å².